The van der Waals surface area contributed by atoms with Crippen LogP contribution in [0.3, 0.4) is 0 Å². The van der Waals surface area contributed by atoms with E-state index in [1.165, 1.54) is 135 Å². The first-order valence-corrected chi connectivity index (χ1v) is 23.2. The Morgan fingerprint density at radius 2 is 0.927 bits per heavy atom. The SMILES string of the molecule is CCCC/C=C\CCCCCCCC(=O)OC(COCCC(C(=O)O)[N+](C)(C)C)COC(=O)CCCCCCCCCCCCCCCCCCCCCC. The summed E-state index contributed by atoms with van der Waals surface area (Å²) in [6.07, 6.45) is 41.2. The number of carbonyl (C=O) groups is 3. The van der Waals surface area contributed by atoms with Gasteiger partial charge in [-0.2, -0.15) is 0 Å². The largest absolute Gasteiger partial charge is 0.477 e. The Kier molecular flexibility index (Phi) is 37.6. The van der Waals surface area contributed by atoms with Crippen molar-refractivity contribution < 1.29 is 38.2 Å². The molecule has 324 valence electrons. The second kappa shape index (κ2) is 38.9. The van der Waals surface area contributed by atoms with E-state index >= 15 is 0 Å². The number of carboxylic acid groups (broad SMARTS) is 1. The third kappa shape index (κ3) is 37.4. The molecule has 0 aliphatic carbocycles. The summed E-state index contributed by atoms with van der Waals surface area (Å²) in [7, 11) is 5.53. The summed E-state index contributed by atoms with van der Waals surface area (Å²) < 4.78 is 17.3. The number of unbranched alkanes of at least 4 members (excludes halogenated alkanes) is 26. The molecule has 0 aromatic carbocycles. The Balaban J connectivity index is 4.19. The van der Waals surface area contributed by atoms with Gasteiger partial charge in [0.25, 0.3) is 0 Å². The van der Waals surface area contributed by atoms with Crippen LogP contribution in [0.1, 0.15) is 219 Å². The predicted molar refractivity (Wildman–Crippen MR) is 229 cm³/mol. The maximum atomic E-state index is 12.7. The summed E-state index contributed by atoms with van der Waals surface area (Å²) in [6, 6.07) is -0.611. The molecule has 0 rings (SSSR count). The fourth-order valence-corrected chi connectivity index (χ4v) is 7.01. The van der Waals surface area contributed by atoms with Crippen molar-refractivity contribution in [1.82, 2.24) is 0 Å². The minimum absolute atomic E-state index is 0.0484. The highest BCUT2D eigenvalue weighted by molar-refractivity contribution is 5.72. The first-order chi connectivity index (χ1) is 26.6. The highest BCUT2D eigenvalue weighted by atomic mass is 16.6. The predicted octanol–water partition coefficient (Wildman–Crippen LogP) is 12.7. The topological polar surface area (TPSA) is 99.1 Å². The molecule has 1 N–H and O–H groups in total. The van der Waals surface area contributed by atoms with Gasteiger partial charge in [-0.25, -0.2) is 4.79 Å². The zero-order chi connectivity index (χ0) is 40.7. The van der Waals surface area contributed by atoms with E-state index < -0.39 is 18.1 Å². The zero-order valence-electron chi connectivity index (χ0n) is 36.9. The van der Waals surface area contributed by atoms with Crippen molar-refractivity contribution in [3.63, 3.8) is 0 Å². The first-order valence-electron chi connectivity index (χ1n) is 23.2. The molecule has 0 aliphatic heterocycles. The molecule has 0 spiro atoms. The van der Waals surface area contributed by atoms with Crippen LogP contribution < -0.4 is 0 Å². The van der Waals surface area contributed by atoms with Crippen molar-refractivity contribution in [3.05, 3.63) is 12.2 Å². The average molecular weight is 781 g/mol. The Bertz CT molecular complexity index is 915. The number of rotatable bonds is 42. The summed E-state index contributed by atoms with van der Waals surface area (Å²) in [5.41, 5.74) is 0. The van der Waals surface area contributed by atoms with Crippen LogP contribution in [0.4, 0.5) is 0 Å². The number of aliphatic carboxylic acids is 1. The van der Waals surface area contributed by atoms with E-state index in [9.17, 15) is 19.5 Å². The quantitative estimate of drug-likeness (QED) is 0.0285. The van der Waals surface area contributed by atoms with Crippen LogP contribution in [0, 0.1) is 0 Å². The average Bonchev–Trinajstić information content (AvgIpc) is 3.14. The van der Waals surface area contributed by atoms with Gasteiger partial charge in [0.15, 0.2) is 12.1 Å². The standard InChI is InChI=1S/C47H89NO7/c1-6-8-10-12-14-16-18-19-20-21-22-23-24-25-26-28-29-31-33-35-37-45(49)54-42-43(41-53-40-39-44(47(51)52)48(3,4)5)55-46(50)38-36-34-32-30-27-17-15-13-11-9-7-2/h13,15,43-44H,6-12,14,16-42H2,1-5H3/p+1/b15-13-. The molecule has 0 aromatic rings. The lowest BCUT2D eigenvalue weighted by molar-refractivity contribution is -0.887. The number of allylic oxidation sites excluding steroid dienone is 2. The summed E-state index contributed by atoms with van der Waals surface area (Å²) in [6.45, 7) is 4.72. The van der Waals surface area contributed by atoms with Gasteiger partial charge < -0.3 is 23.8 Å². The van der Waals surface area contributed by atoms with E-state index in [-0.39, 0.29) is 36.2 Å². The number of hydrogen-bond donors (Lipinski definition) is 1. The van der Waals surface area contributed by atoms with E-state index in [4.69, 9.17) is 14.2 Å². The Morgan fingerprint density at radius 3 is 1.36 bits per heavy atom. The van der Waals surface area contributed by atoms with Crippen LogP contribution >= 0.6 is 0 Å². The van der Waals surface area contributed by atoms with Gasteiger partial charge in [0, 0.05) is 19.3 Å². The molecule has 0 aliphatic rings. The molecule has 0 bridgehead atoms. The van der Waals surface area contributed by atoms with E-state index in [1.807, 2.05) is 21.1 Å². The highest BCUT2D eigenvalue weighted by Gasteiger charge is 2.31. The molecule has 0 amide bonds. The molecule has 0 saturated heterocycles. The lowest BCUT2D eigenvalue weighted by atomic mass is 10.0. The van der Waals surface area contributed by atoms with Gasteiger partial charge >= 0.3 is 17.9 Å². The van der Waals surface area contributed by atoms with Crippen molar-refractivity contribution >= 4 is 17.9 Å². The minimum Gasteiger partial charge on any atom is -0.477 e. The number of nitrogens with zero attached hydrogens (tertiary/aromatic N) is 1. The van der Waals surface area contributed by atoms with Crippen LogP contribution in [-0.2, 0) is 28.6 Å². The zero-order valence-corrected chi connectivity index (χ0v) is 36.9. The summed E-state index contributed by atoms with van der Waals surface area (Å²) in [5.74, 6) is -1.46. The summed E-state index contributed by atoms with van der Waals surface area (Å²) in [4.78, 5) is 36.9. The third-order valence-corrected chi connectivity index (χ3v) is 10.7. The van der Waals surface area contributed by atoms with Gasteiger partial charge in [-0.05, 0) is 32.1 Å². The number of esters is 2. The Hall–Kier alpha value is -1.93. The van der Waals surface area contributed by atoms with Crippen molar-refractivity contribution in [2.24, 2.45) is 0 Å². The maximum Gasteiger partial charge on any atom is 0.362 e. The van der Waals surface area contributed by atoms with Crippen molar-refractivity contribution in [2.75, 3.05) is 41.0 Å². The third-order valence-electron chi connectivity index (χ3n) is 10.7. The number of ether oxygens (including phenoxy) is 3. The number of carbonyl (C=O) groups excluding carboxylic acids is 2. The summed E-state index contributed by atoms with van der Waals surface area (Å²) in [5, 5.41) is 9.61. The molecule has 0 aromatic heterocycles. The molecular weight excluding hydrogens is 691 g/mol. The molecular formula is C47H90NO7+. The number of likely N-dealkylation sites (N-methyl/N-ethyl adjacent to an activating group) is 1. The van der Waals surface area contributed by atoms with Gasteiger partial charge in [-0.1, -0.05) is 180 Å². The molecule has 0 fully saturated rings. The smallest absolute Gasteiger partial charge is 0.362 e. The first kappa shape index (κ1) is 53.1. The second-order valence-electron chi connectivity index (χ2n) is 17.0. The monoisotopic (exact) mass is 781 g/mol. The van der Waals surface area contributed by atoms with Crippen molar-refractivity contribution in [1.29, 1.82) is 0 Å². The van der Waals surface area contributed by atoms with Gasteiger partial charge in [-0.3, -0.25) is 9.59 Å². The summed E-state index contributed by atoms with van der Waals surface area (Å²) >= 11 is 0. The maximum absolute atomic E-state index is 12.7. The normalized spacial score (nSPS) is 13.0. The van der Waals surface area contributed by atoms with Gasteiger partial charge in [0.05, 0.1) is 34.4 Å². The van der Waals surface area contributed by atoms with Crippen LogP contribution in [0.15, 0.2) is 12.2 Å². The molecule has 0 saturated carbocycles. The molecule has 55 heavy (non-hydrogen) atoms. The van der Waals surface area contributed by atoms with E-state index in [0.717, 1.165) is 51.4 Å². The van der Waals surface area contributed by atoms with E-state index in [1.54, 1.807) is 0 Å². The highest BCUT2D eigenvalue weighted by Crippen LogP contribution is 2.16. The van der Waals surface area contributed by atoms with Crippen LogP contribution in [0.5, 0.6) is 0 Å². The lowest BCUT2D eigenvalue weighted by Crippen LogP contribution is -2.50. The molecule has 0 radical (unpaired) electrons. The van der Waals surface area contributed by atoms with E-state index in [0.29, 0.717) is 19.3 Å². The van der Waals surface area contributed by atoms with Gasteiger partial charge in [-0.15, -0.1) is 0 Å². The van der Waals surface area contributed by atoms with Gasteiger partial charge in [0.1, 0.15) is 6.61 Å². The fraction of sp³-hybridized carbons (Fsp3) is 0.894. The van der Waals surface area contributed by atoms with Crippen molar-refractivity contribution in [2.45, 2.75) is 231 Å². The molecule has 8 heteroatoms. The molecule has 2 atom stereocenters. The lowest BCUT2D eigenvalue weighted by Gasteiger charge is -2.31. The number of carboxylic acids is 1. The van der Waals surface area contributed by atoms with Crippen molar-refractivity contribution in [3.8, 4) is 0 Å². The fourth-order valence-electron chi connectivity index (χ4n) is 7.01. The Labute approximate surface area is 339 Å². The molecule has 0 heterocycles. The minimum atomic E-state index is -0.874. The van der Waals surface area contributed by atoms with E-state index in [2.05, 4.69) is 26.0 Å². The van der Waals surface area contributed by atoms with Crippen LogP contribution in [-0.4, -0.2) is 80.6 Å². The Morgan fingerprint density at radius 1 is 0.527 bits per heavy atom. The van der Waals surface area contributed by atoms with Crippen LogP contribution in [0.25, 0.3) is 0 Å². The number of quaternary nitrogens is 1. The number of hydrogen-bond acceptors (Lipinski definition) is 6. The second-order valence-corrected chi connectivity index (χ2v) is 17.0. The van der Waals surface area contributed by atoms with Gasteiger partial charge in [0.2, 0.25) is 0 Å². The van der Waals surface area contributed by atoms with Crippen LogP contribution in [0.2, 0.25) is 0 Å². The molecule has 2 unspecified atom stereocenters. The molecule has 8 nitrogen and oxygen atoms in total.